The van der Waals surface area contributed by atoms with Gasteiger partial charge in [-0.3, -0.25) is 9.59 Å². The molecular formula is C12H13Cl2N3O3. The van der Waals surface area contributed by atoms with Crippen LogP contribution in [0.3, 0.4) is 0 Å². The Morgan fingerprint density at radius 1 is 1.40 bits per heavy atom. The molecule has 0 aromatic carbocycles. The highest BCUT2D eigenvalue weighted by Gasteiger charge is 2.33. The van der Waals surface area contributed by atoms with Crippen molar-refractivity contribution in [1.29, 1.82) is 0 Å². The molecule has 1 amide bonds. The maximum atomic E-state index is 12.4. The second-order valence-electron chi connectivity index (χ2n) is 4.78. The van der Waals surface area contributed by atoms with Gasteiger partial charge in [0.1, 0.15) is 0 Å². The SMILES string of the molecule is CC1CC(C(=O)O)CCN1C(=O)c1cc(Cl)nnc1Cl. The van der Waals surface area contributed by atoms with Gasteiger partial charge in [-0.15, -0.1) is 10.2 Å². The lowest BCUT2D eigenvalue weighted by Gasteiger charge is -2.36. The summed E-state index contributed by atoms with van der Waals surface area (Å²) >= 11 is 11.6. The third-order valence-electron chi connectivity index (χ3n) is 3.44. The summed E-state index contributed by atoms with van der Waals surface area (Å²) in [6.45, 7) is 2.18. The number of carboxylic acid groups (broad SMARTS) is 1. The molecule has 0 aliphatic carbocycles. The number of likely N-dealkylation sites (tertiary alicyclic amines) is 1. The maximum Gasteiger partial charge on any atom is 0.306 e. The van der Waals surface area contributed by atoms with Gasteiger partial charge < -0.3 is 10.0 Å². The van der Waals surface area contributed by atoms with Crippen LogP contribution < -0.4 is 0 Å². The van der Waals surface area contributed by atoms with Crippen molar-refractivity contribution in [3.8, 4) is 0 Å². The molecule has 1 aromatic rings. The van der Waals surface area contributed by atoms with E-state index in [2.05, 4.69) is 10.2 Å². The molecule has 6 nitrogen and oxygen atoms in total. The Hall–Kier alpha value is -1.40. The van der Waals surface area contributed by atoms with Gasteiger partial charge in [0.05, 0.1) is 11.5 Å². The van der Waals surface area contributed by atoms with E-state index >= 15 is 0 Å². The molecule has 0 spiro atoms. The van der Waals surface area contributed by atoms with Crippen molar-refractivity contribution in [1.82, 2.24) is 15.1 Å². The van der Waals surface area contributed by atoms with E-state index in [-0.39, 0.29) is 27.8 Å². The molecule has 1 fully saturated rings. The highest BCUT2D eigenvalue weighted by atomic mass is 35.5. The molecule has 8 heteroatoms. The highest BCUT2D eigenvalue weighted by Crippen LogP contribution is 2.26. The van der Waals surface area contributed by atoms with E-state index in [4.69, 9.17) is 28.3 Å². The van der Waals surface area contributed by atoms with Crippen LogP contribution in [0.1, 0.15) is 30.1 Å². The zero-order chi connectivity index (χ0) is 14.9. The highest BCUT2D eigenvalue weighted by molar-refractivity contribution is 6.34. The van der Waals surface area contributed by atoms with Gasteiger partial charge in [0.25, 0.3) is 5.91 Å². The van der Waals surface area contributed by atoms with Crippen LogP contribution in [0.2, 0.25) is 10.3 Å². The molecule has 1 aromatic heterocycles. The molecule has 108 valence electrons. The molecule has 2 heterocycles. The predicted molar refractivity (Wildman–Crippen MR) is 72.9 cm³/mol. The summed E-state index contributed by atoms with van der Waals surface area (Å²) in [5.41, 5.74) is 0.187. The first kappa shape index (κ1) is 15.0. The number of carbonyl (C=O) groups excluding carboxylic acids is 1. The van der Waals surface area contributed by atoms with Crippen LogP contribution in [-0.4, -0.2) is 44.7 Å². The van der Waals surface area contributed by atoms with Gasteiger partial charge in [-0.25, -0.2) is 0 Å². The molecule has 1 aliphatic heterocycles. The molecule has 0 radical (unpaired) electrons. The first-order chi connectivity index (χ1) is 9.40. The Kier molecular flexibility index (Phi) is 4.45. The largest absolute Gasteiger partial charge is 0.481 e. The number of carbonyl (C=O) groups is 2. The number of amides is 1. The second-order valence-corrected chi connectivity index (χ2v) is 5.52. The van der Waals surface area contributed by atoms with Gasteiger partial charge in [0.2, 0.25) is 0 Å². The molecular weight excluding hydrogens is 305 g/mol. The Morgan fingerprint density at radius 2 is 2.10 bits per heavy atom. The summed E-state index contributed by atoms with van der Waals surface area (Å²) < 4.78 is 0. The van der Waals surface area contributed by atoms with Crippen LogP contribution in [-0.2, 0) is 4.79 Å². The van der Waals surface area contributed by atoms with E-state index in [9.17, 15) is 9.59 Å². The topological polar surface area (TPSA) is 83.4 Å². The molecule has 1 saturated heterocycles. The van der Waals surface area contributed by atoms with Gasteiger partial charge in [0.15, 0.2) is 10.3 Å². The van der Waals surface area contributed by atoms with E-state index < -0.39 is 11.9 Å². The van der Waals surface area contributed by atoms with E-state index in [0.717, 1.165) is 0 Å². The molecule has 2 unspecified atom stereocenters. The molecule has 1 N–H and O–H groups in total. The molecule has 1 aliphatic rings. The number of piperidine rings is 1. The van der Waals surface area contributed by atoms with Crippen molar-refractivity contribution in [2.75, 3.05) is 6.54 Å². The van der Waals surface area contributed by atoms with E-state index in [1.54, 1.807) is 4.90 Å². The summed E-state index contributed by atoms with van der Waals surface area (Å²) in [7, 11) is 0. The van der Waals surface area contributed by atoms with Crippen molar-refractivity contribution >= 4 is 35.1 Å². The standard InChI is InChI=1S/C12H13Cl2N3O3/c1-6-4-7(12(19)20)2-3-17(6)11(18)8-5-9(13)15-16-10(8)14/h5-7H,2-4H2,1H3,(H,19,20). The Labute approximate surface area is 125 Å². The maximum absolute atomic E-state index is 12.4. The zero-order valence-corrected chi connectivity index (χ0v) is 12.2. The van der Waals surface area contributed by atoms with Gasteiger partial charge in [-0.2, -0.15) is 0 Å². The molecule has 0 saturated carbocycles. The lowest BCUT2D eigenvalue weighted by atomic mass is 9.91. The minimum absolute atomic E-state index is 0.00745. The third-order valence-corrected chi connectivity index (χ3v) is 3.90. The summed E-state index contributed by atoms with van der Waals surface area (Å²) in [5, 5.41) is 16.3. The first-order valence-electron chi connectivity index (χ1n) is 6.12. The summed E-state index contributed by atoms with van der Waals surface area (Å²) in [6.07, 6.45) is 0.847. The smallest absolute Gasteiger partial charge is 0.306 e. The van der Waals surface area contributed by atoms with Gasteiger partial charge >= 0.3 is 5.97 Å². The monoisotopic (exact) mass is 317 g/mol. The summed E-state index contributed by atoms with van der Waals surface area (Å²) in [5.74, 6) is -1.54. The molecule has 20 heavy (non-hydrogen) atoms. The minimum Gasteiger partial charge on any atom is -0.481 e. The van der Waals surface area contributed by atoms with Crippen LogP contribution >= 0.6 is 23.2 Å². The zero-order valence-electron chi connectivity index (χ0n) is 10.7. The van der Waals surface area contributed by atoms with Crippen LogP contribution in [0.25, 0.3) is 0 Å². The first-order valence-corrected chi connectivity index (χ1v) is 6.88. The normalized spacial score (nSPS) is 22.6. The van der Waals surface area contributed by atoms with Crippen LogP contribution in [0.15, 0.2) is 6.07 Å². The molecule has 0 bridgehead atoms. The number of hydrogen-bond donors (Lipinski definition) is 1. The number of aromatic nitrogens is 2. The van der Waals surface area contributed by atoms with Crippen molar-refractivity contribution in [3.05, 3.63) is 21.9 Å². The van der Waals surface area contributed by atoms with E-state index in [1.807, 2.05) is 6.92 Å². The quantitative estimate of drug-likeness (QED) is 0.903. The van der Waals surface area contributed by atoms with Crippen molar-refractivity contribution in [2.24, 2.45) is 5.92 Å². The average Bonchev–Trinajstić information content (AvgIpc) is 2.40. The fraction of sp³-hybridized carbons (Fsp3) is 0.500. The number of nitrogens with zero attached hydrogens (tertiary/aromatic N) is 3. The third kappa shape index (κ3) is 3.02. The molecule has 2 rings (SSSR count). The van der Waals surface area contributed by atoms with Crippen molar-refractivity contribution in [2.45, 2.75) is 25.8 Å². The van der Waals surface area contributed by atoms with Gasteiger partial charge in [0, 0.05) is 12.6 Å². The fourth-order valence-electron chi connectivity index (χ4n) is 2.36. The lowest BCUT2D eigenvalue weighted by Crippen LogP contribution is -2.46. The summed E-state index contributed by atoms with van der Waals surface area (Å²) in [6, 6.07) is 1.19. The van der Waals surface area contributed by atoms with Crippen LogP contribution in [0.5, 0.6) is 0 Å². The van der Waals surface area contributed by atoms with Gasteiger partial charge in [-0.1, -0.05) is 23.2 Å². The van der Waals surface area contributed by atoms with Gasteiger partial charge in [-0.05, 0) is 25.8 Å². The number of aliphatic carboxylic acids is 1. The Bertz CT molecular complexity index is 553. The van der Waals surface area contributed by atoms with Crippen molar-refractivity contribution < 1.29 is 14.7 Å². The Balaban J connectivity index is 2.18. The molecule has 2 atom stereocenters. The van der Waals surface area contributed by atoms with E-state index in [0.29, 0.717) is 19.4 Å². The van der Waals surface area contributed by atoms with Crippen LogP contribution in [0, 0.1) is 5.92 Å². The number of rotatable bonds is 2. The fourth-order valence-corrected chi connectivity index (χ4v) is 2.68. The van der Waals surface area contributed by atoms with Crippen LogP contribution in [0.4, 0.5) is 0 Å². The lowest BCUT2D eigenvalue weighted by molar-refractivity contribution is -0.143. The Morgan fingerprint density at radius 3 is 2.70 bits per heavy atom. The average molecular weight is 318 g/mol. The van der Waals surface area contributed by atoms with Crippen molar-refractivity contribution in [3.63, 3.8) is 0 Å². The minimum atomic E-state index is -0.824. The van der Waals surface area contributed by atoms with E-state index in [1.165, 1.54) is 6.07 Å². The number of halogens is 2. The second kappa shape index (κ2) is 5.93. The number of hydrogen-bond acceptors (Lipinski definition) is 4. The summed E-state index contributed by atoms with van der Waals surface area (Å²) in [4.78, 5) is 25.0. The predicted octanol–water partition coefficient (Wildman–Crippen LogP) is 2.11. The number of carboxylic acids is 1.